The van der Waals surface area contributed by atoms with Crippen molar-refractivity contribution in [2.24, 2.45) is 0 Å². The summed E-state index contributed by atoms with van der Waals surface area (Å²) in [5.74, 6) is -0.186. The molecule has 0 saturated carbocycles. The molecule has 2 aromatic rings. The second-order valence-corrected chi connectivity index (χ2v) is 6.58. The molecule has 0 radical (unpaired) electrons. The molecule has 1 aromatic heterocycles. The van der Waals surface area contributed by atoms with Crippen LogP contribution in [-0.4, -0.2) is 28.9 Å². The highest BCUT2D eigenvalue weighted by molar-refractivity contribution is 5.92. The number of halogens is 1. The number of nitrogens with zero attached hydrogens (tertiary/aromatic N) is 3. The number of aromatic nitrogens is 1. The molecule has 1 aliphatic rings. The normalized spacial score (nSPS) is 14.2. The fraction of sp³-hybridized carbons (Fsp3) is 0.300. The number of nitro benzene ring substituents is 1. The topological polar surface area (TPSA) is 88.4 Å². The van der Waals surface area contributed by atoms with Crippen LogP contribution in [0.2, 0.25) is 0 Å². The summed E-state index contributed by atoms with van der Waals surface area (Å²) in [6.45, 7) is 2.29. The second kappa shape index (κ2) is 9.07. The minimum atomic E-state index is -0.699. The quantitative estimate of drug-likeness (QED) is 0.468. The molecule has 8 heteroatoms. The first-order chi connectivity index (χ1) is 13.5. The lowest BCUT2D eigenvalue weighted by atomic mass is 10.1. The fourth-order valence-corrected chi connectivity index (χ4v) is 3.10. The fourth-order valence-electron chi connectivity index (χ4n) is 3.10. The molecule has 1 amide bonds. The van der Waals surface area contributed by atoms with Crippen LogP contribution in [-0.2, 0) is 11.3 Å². The third-order valence-electron chi connectivity index (χ3n) is 4.56. The van der Waals surface area contributed by atoms with Crippen LogP contribution in [0.5, 0.6) is 0 Å². The van der Waals surface area contributed by atoms with Gasteiger partial charge in [0.05, 0.1) is 16.6 Å². The van der Waals surface area contributed by atoms with E-state index in [1.807, 2.05) is 12.1 Å². The summed E-state index contributed by atoms with van der Waals surface area (Å²) in [4.78, 5) is 29.0. The van der Waals surface area contributed by atoms with Crippen molar-refractivity contribution in [3.63, 3.8) is 0 Å². The van der Waals surface area contributed by atoms with Crippen LogP contribution in [0.25, 0.3) is 6.08 Å². The number of rotatable bonds is 6. The molecule has 1 aliphatic heterocycles. The minimum absolute atomic E-state index is 0.165. The highest BCUT2D eigenvalue weighted by Crippen LogP contribution is 2.21. The Morgan fingerprint density at radius 1 is 1.25 bits per heavy atom. The molecule has 1 fully saturated rings. The lowest BCUT2D eigenvalue weighted by Crippen LogP contribution is -2.30. The zero-order chi connectivity index (χ0) is 19.9. The molecule has 7 nitrogen and oxygen atoms in total. The maximum Gasteiger partial charge on any atom is 0.279 e. The Hall–Kier alpha value is -3.29. The summed E-state index contributed by atoms with van der Waals surface area (Å²) >= 11 is 0. The first-order valence-electron chi connectivity index (χ1n) is 9.12. The van der Waals surface area contributed by atoms with E-state index in [0.29, 0.717) is 6.54 Å². The third-order valence-corrected chi connectivity index (χ3v) is 4.56. The van der Waals surface area contributed by atoms with Crippen molar-refractivity contribution >= 4 is 23.5 Å². The van der Waals surface area contributed by atoms with Gasteiger partial charge in [-0.1, -0.05) is 0 Å². The molecule has 1 N–H and O–H groups in total. The number of carbonyl (C=O) groups excluding carboxylic acids is 1. The van der Waals surface area contributed by atoms with Crippen molar-refractivity contribution in [1.29, 1.82) is 0 Å². The Balaban J connectivity index is 1.60. The van der Waals surface area contributed by atoms with Crippen molar-refractivity contribution in [2.75, 3.05) is 18.0 Å². The molecule has 28 heavy (non-hydrogen) atoms. The second-order valence-electron chi connectivity index (χ2n) is 6.58. The highest BCUT2D eigenvalue weighted by Gasteiger charge is 2.14. The smallest absolute Gasteiger partial charge is 0.279 e. The lowest BCUT2D eigenvalue weighted by Gasteiger charge is -2.27. The number of anilines is 1. The Kier molecular flexibility index (Phi) is 6.31. The van der Waals surface area contributed by atoms with Gasteiger partial charge in [-0.25, -0.2) is 9.37 Å². The van der Waals surface area contributed by atoms with E-state index in [-0.39, 0.29) is 11.3 Å². The van der Waals surface area contributed by atoms with E-state index in [0.717, 1.165) is 49.4 Å². The lowest BCUT2D eigenvalue weighted by molar-refractivity contribution is -0.385. The molecule has 0 unspecified atom stereocenters. The maximum absolute atomic E-state index is 13.2. The zero-order valence-electron chi connectivity index (χ0n) is 15.3. The van der Waals surface area contributed by atoms with Crippen molar-refractivity contribution in [2.45, 2.75) is 25.8 Å². The van der Waals surface area contributed by atoms with E-state index in [1.165, 1.54) is 24.6 Å². The SMILES string of the molecule is O=C(C=Cc1ccc(F)cc1[N+](=O)[O-])NCc1ccnc(N2CCCCC2)c1. The van der Waals surface area contributed by atoms with Crippen LogP contribution in [0.4, 0.5) is 15.9 Å². The van der Waals surface area contributed by atoms with Crippen LogP contribution < -0.4 is 10.2 Å². The molecule has 0 atom stereocenters. The molecule has 1 aromatic carbocycles. The number of nitrogens with one attached hydrogen (secondary N) is 1. The number of pyridine rings is 1. The van der Waals surface area contributed by atoms with Crippen molar-refractivity contribution in [3.05, 3.63) is 69.7 Å². The van der Waals surface area contributed by atoms with E-state index in [9.17, 15) is 19.3 Å². The predicted molar refractivity (Wildman–Crippen MR) is 104 cm³/mol. The molecule has 146 valence electrons. The predicted octanol–water partition coefficient (Wildman–Crippen LogP) is 3.45. The van der Waals surface area contributed by atoms with Crippen molar-refractivity contribution in [3.8, 4) is 0 Å². The summed E-state index contributed by atoms with van der Waals surface area (Å²) in [7, 11) is 0. The number of amides is 1. The van der Waals surface area contributed by atoms with Gasteiger partial charge in [-0.3, -0.25) is 14.9 Å². The van der Waals surface area contributed by atoms with Gasteiger partial charge in [0.15, 0.2) is 0 Å². The molecule has 3 rings (SSSR count). The Morgan fingerprint density at radius 3 is 2.79 bits per heavy atom. The van der Waals surface area contributed by atoms with E-state index in [1.54, 1.807) is 6.20 Å². The van der Waals surface area contributed by atoms with E-state index in [4.69, 9.17) is 0 Å². The number of hydrogen-bond acceptors (Lipinski definition) is 5. The molecular weight excluding hydrogens is 363 g/mol. The third kappa shape index (κ3) is 5.12. The van der Waals surface area contributed by atoms with Crippen molar-refractivity contribution < 1.29 is 14.1 Å². The van der Waals surface area contributed by atoms with Crippen LogP contribution in [0.1, 0.15) is 30.4 Å². The average Bonchev–Trinajstić information content (AvgIpc) is 2.72. The Labute approximate surface area is 162 Å². The summed E-state index contributed by atoms with van der Waals surface area (Å²) in [6, 6.07) is 7.01. The maximum atomic E-state index is 13.2. The van der Waals surface area contributed by atoms with Crippen molar-refractivity contribution in [1.82, 2.24) is 10.3 Å². The molecule has 1 saturated heterocycles. The molecule has 0 aliphatic carbocycles. The van der Waals surface area contributed by atoms with Crippen LogP contribution in [0.15, 0.2) is 42.6 Å². The van der Waals surface area contributed by atoms with Gasteiger partial charge in [-0.2, -0.15) is 0 Å². The van der Waals surface area contributed by atoms with E-state index in [2.05, 4.69) is 15.2 Å². The summed E-state index contributed by atoms with van der Waals surface area (Å²) in [5.41, 5.74) is 0.701. The van der Waals surface area contributed by atoms with Crippen LogP contribution in [0.3, 0.4) is 0 Å². The molecular formula is C20H21FN4O3. The Bertz CT molecular complexity index is 895. The van der Waals surface area contributed by atoms with Gasteiger partial charge in [0, 0.05) is 31.9 Å². The van der Waals surface area contributed by atoms with Gasteiger partial charge >= 0.3 is 0 Å². The number of nitro groups is 1. The average molecular weight is 384 g/mol. The van der Waals surface area contributed by atoms with Gasteiger partial charge < -0.3 is 10.2 Å². The largest absolute Gasteiger partial charge is 0.357 e. The molecule has 2 heterocycles. The summed E-state index contributed by atoms with van der Waals surface area (Å²) < 4.78 is 13.2. The van der Waals surface area contributed by atoms with Gasteiger partial charge in [-0.15, -0.1) is 0 Å². The first-order valence-corrected chi connectivity index (χ1v) is 9.12. The van der Waals surface area contributed by atoms with Gasteiger partial charge in [0.1, 0.15) is 11.6 Å². The minimum Gasteiger partial charge on any atom is -0.357 e. The van der Waals surface area contributed by atoms with Crippen LogP contribution >= 0.6 is 0 Å². The summed E-state index contributed by atoms with van der Waals surface area (Å²) in [5, 5.41) is 13.7. The Morgan fingerprint density at radius 2 is 2.04 bits per heavy atom. The highest BCUT2D eigenvalue weighted by atomic mass is 19.1. The standard InChI is InChI=1S/C20H21FN4O3/c21-17-6-4-16(18(13-17)25(27)28)5-7-20(26)23-14-15-8-9-22-19(12-15)24-10-2-1-3-11-24/h4-9,12-13H,1-3,10-11,14H2,(H,23,26). The van der Waals surface area contributed by atoms with Gasteiger partial charge in [0.2, 0.25) is 5.91 Å². The monoisotopic (exact) mass is 384 g/mol. The van der Waals surface area contributed by atoms with Gasteiger partial charge in [0.25, 0.3) is 5.69 Å². The first kappa shape index (κ1) is 19.5. The van der Waals surface area contributed by atoms with E-state index < -0.39 is 16.6 Å². The zero-order valence-corrected chi connectivity index (χ0v) is 15.3. The van der Waals surface area contributed by atoms with E-state index >= 15 is 0 Å². The number of hydrogen-bond donors (Lipinski definition) is 1. The molecule has 0 bridgehead atoms. The van der Waals surface area contributed by atoms with Gasteiger partial charge in [-0.05, 0) is 55.2 Å². The molecule has 0 spiro atoms. The number of benzene rings is 1. The summed E-state index contributed by atoms with van der Waals surface area (Å²) in [6.07, 6.45) is 7.78. The van der Waals surface area contributed by atoms with Crippen LogP contribution in [0, 0.1) is 15.9 Å². The number of carbonyl (C=O) groups is 1. The number of piperidine rings is 1.